The van der Waals surface area contributed by atoms with E-state index >= 15 is 0 Å². The van der Waals surface area contributed by atoms with Gasteiger partial charge in [-0.2, -0.15) is 0 Å². The first-order valence-corrected chi connectivity index (χ1v) is 5.01. The topological polar surface area (TPSA) is 27.3 Å². The smallest absolute Gasteiger partial charge is 0.0876 e. The van der Waals surface area contributed by atoms with Gasteiger partial charge >= 0.3 is 0 Å². The highest BCUT2D eigenvalue weighted by Gasteiger charge is 2.18. The van der Waals surface area contributed by atoms with E-state index in [1.165, 1.54) is 11.3 Å². The molecule has 1 aliphatic rings. The molecule has 1 aliphatic heterocycles. The molecule has 1 heterocycles. The molecule has 0 saturated carbocycles. The fraction of sp³-hybridized carbons (Fsp3) is 0.455. The first kappa shape index (κ1) is 9.49. The van der Waals surface area contributed by atoms with Crippen molar-refractivity contribution in [1.82, 2.24) is 10.2 Å². The highest BCUT2D eigenvalue weighted by molar-refractivity contribution is 5.53. The van der Waals surface area contributed by atoms with Gasteiger partial charge in [-0.25, -0.2) is 0 Å². The Balaban J connectivity index is 2.37. The Hall–Kier alpha value is -1.06. The fourth-order valence-electron chi connectivity index (χ4n) is 1.87. The van der Waals surface area contributed by atoms with Crippen LogP contribution in [-0.2, 0) is 0 Å². The molecule has 0 spiro atoms. The van der Waals surface area contributed by atoms with Gasteiger partial charge in [-0.1, -0.05) is 18.2 Å². The number of benzene rings is 1. The monoisotopic (exact) mass is 191 g/mol. The maximum atomic E-state index is 3.50. The molecule has 0 fully saturated rings. The molecule has 76 valence electrons. The minimum absolute atomic E-state index is 0.321. The largest absolute Gasteiger partial charge is 0.383 e. The van der Waals surface area contributed by atoms with Crippen molar-refractivity contribution < 1.29 is 0 Å². The van der Waals surface area contributed by atoms with E-state index in [4.69, 9.17) is 0 Å². The number of rotatable bonds is 1. The van der Waals surface area contributed by atoms with Crippen LogP contribution in [0.3, 0.4) is 0 Å². The van der Waals surface area contributed by atoms with E-state index in [-0.39, 0.29) is 0 Å². The summed E-state index contributed by atoms with van der Waals surface area (Å²) in [4.78, 5) is 2.20. The Morgan fingerprint density at radius 3 is 2.79 bits per heavy atom. The molecule has 0 radical (unpaired) electrons. The van der Waals surface area contributed by atoms with Crippen LogP contribution in [0.15, 0.2) is 24.3 Å². The quantitative estimate of drug-likeness (QED) is 0.700. The molecule has 14 heavy (non-hydrogen) atoms. The minimum atomic E-state index is 0.321. The third-order valence-corrected chi connectivity index (χ3v) is 2.55. The molecule has 3 heteroatoms. The molecular weight excluding hydrogens is 174 g/mol. The lowest BCUT2D eigenvalue weighted by Gasteiger charge is -2.25. The zero-order chi connectivity index (χ0) is 9.97. The SMILES string of the molecule is CN(C)C1NCCNc2ccccc21. The van der Waals surface area contributed by atoms with Gasteiger partial charge < -0.3 is 5.32 Å². The van der Waals surface area contributed by atoms with Crippen LogP contribution in [0.5, 0.6) is 0 Å². The third kappa shape index (κ3) is 1.74. The molecule has 1 aromatic carbocycles. The van der Waals surface area contributed by atoms with Crippen LogP contribution < -0.4 is 10.6 Å². The molecule has 0 bridgehead atoms. The van der Waals surface area contributed by atoms with Crippen LogP contribution >= 0.6 is 0 Å². The number of fused-ring (bicyclic) bond motifs is 1. The Labute approximate surface area is 85.1 Å². The number of hydrogen-bond donors (Lipinski definition) is 2. The lowest BCUT2D eigenvalue weighted by atomic mass is 10.1. The summed E-state index contributed by atoms with van der Waals surface area (Å²) in [6.07, 6.45) is 0.321. The van der Waals surface area contributed by atoms with Gasteiger partial charge in [-0.15, -0.1) is 0 Å². The molecule has 2 N–H and O–H groups in total. The predicted molar refractivity (Wildman–Crippen MR) is 59.4 cm³/mol. The van der Waals surface area contributed by atoms with Gasteiger partial charge in [-0.3, -0.25) is 10.2 Å². The molecule has 2 rings (SSSR count). The molecule has 1 atom stereocenters. The standard InChI is InChI=1S/C11H17N3/c1-14(2)11-9-5-3-4-6-10(9)12-7-8-13-11/h3-6,11-13H,7-8H2,1-2H3. The maximum Gasteiger partial charge on any atom is 0.0876 e. The summed E-state index contributed by atoms with van der Waals surface area (Å²) in [7, 11) is 4.19. The van der Waals surface area contributed by atoms with Crippen molar-refractivity contribution in [2.24, 2.45) is 0 Å². The van der Waals surface area contributed by atoms with Crippen LogP contribution in [0.25, 0.3) is 0 Å². The summed E-state index contributed by atoms with van der Waals surface area (Å²) in [6, 6.07) is 8.47. The van der Waals surface area contributed by atoms with Gasteiger partial charge in [0.25, 0.3) is 0 Å². The number of nitrogens with zero attached hydrogens (tertiary/aromatic N) is 1. The van der Waals surface area contributed by atoms with Gasteiger partial charge in [0.15, 0.2) is 0 Å². The molecule has 1 unspecified atom stereocenters. The van der Waals surface area contributed by atoms with Crippen molar-refractivity contribution in [3.05, 3.63) is 29.8 Å². The van der Waals surface area contributed by atoms with Crippen molar-refractivity contribution in [3.63, 3.8) is 0 Å². The van der Waals surface area contributed by atoms with Gasteiger partial charge in [0.1, 0.15) is 0 Å². The summed E-state index contributed by atoms with van der Waals surface area (Å²) in [6.45, 7) is 1.98. The molecule has 0 saturated heterocycles. The summed E-state index contributed by atoms with van der Waals surface area (Å²) < 4.78 is 0. The Morgan fingerprint density at radius 2 is 2.00 bits per heavy atom. The lowest BCUT2D eigenvalue weighted by molar-refractivity contribution is 0.257. The second kappa shape index (κ2) is 3.98. The minimum Gasteiger partial charge on any atom is -0.383 e. The maximum absolute atomic E-state index is 3.50. The number of anilines is 1. The van der Waals surface area contributed by atoms with E-state index < -0.39 is 0 Å². The van der Waals surface area contributed by atoms with Crippen LogP contribution in [0, 0.1) is 0 Å². The van der Waals surface area contributed by atoms with E-state index in [2.05, 4.69) is 53.9 Å². The van der Waals surface area contributed by atoms with E-state index in [9.17, 15) is 0 Å². The highest BCUT2D eigenvalue weighted by atomic mass is 15.2. The zero-order valence-electron chi connectivity index (χ0n) is 8.75. The van der Waals surface area contributed by atoms with E-state index in [1.54, 1.807) is 0 Å². The van der Waals surface area contributed by atoms with Gasteiger partial charge in [0, 0.05) is 24.3 Å². The van der Waals surface area contributed by atoms with E-state index in [0.717, 1.165) is 13.1 Å². The van der Waals surface area contributed by atoms with Crippen molar-refractivity contribution in [1.29, 1.82) is 0 Å². The normalized spacial score (nSPS) is 21.2. The Morgan fingerprint density at radius 1 is 1.21 bits per heavy atom. The molecule has 0 amide bonds. The van der Waals surface area contributed by atoms with E-state index in [0.29, 0.717) is 6.17 Å². The predicted octanol–water partition coefficient (Wildman–Crippen LogP) is 1.26. The highest BCUT2D eigenvalue weighted by Crippen LogP contribution is 2.25. The van der Waals surface area contributed by atoms with E-state index in [1.807, 2.05) is 0 Å². The number of nitrogens with one attached hydrogen (secondary N) is 2. The summed E-state index contributed by atoms with van der Waals surface area (Å²) >= 11 is 0. The molecule has 1 aromatic rings. The van der Waals surface area contributed by atoms with Gasteiger partial charge in [-0.05, 0) is 20.2 Å². The molecular formula is C11H17N3. The molecule has 0 aromatic heterocycles. The summed E-state index contributed by atoms with van der Waals surface area (Å²) in [5.74, 6) is 0. The number of hydrogen-bond acceptors (Lipinski definition) is 3. The molecule has 0 aliphatic carbocycles. The second-order valence-electron chi connectivity index (χ2n) is 3.83. The van der Waals surface area contributed by atoms with Gasteiger partial charge in [0.2, 0.25) is 0 Å². The lowest BCUT2D eigenvalue weighted by Crippen LogP contribution is -2.33. The summed E-state index contributed by atoms with van der Waals surface area (Å²) in [5, 5.41) is 6.92. The first-order chi connectivity index (χ1) is 6.79. The summed E-state index contributed by atoms with van der Waals surface area (Å²) in [5.41, 5.74) is 2.58. The van der Waals surface area contributed by atoms with Gasteiger partial charge in [0.05, 0.1) is 6.17 Å². The fourth-order valence-corrected chi connectivity index (χ4v) is 1.87. The Bertz CT molecular complexity index is 309. The van der Waals surface area contributed by atoms with Crippen LogP contribution in [0.2, 0.25) is 0 Å². The average Bonchev–Trinajstić information content (AvgIpc) is 2.39. The van der Waals surface area contributed by atoms with Crippen molar-refractivity contribution in [2.75, 3.05) is 32.5 Å². The van der Waals surface area contributed by atoms with Crippen molar-refractivity contribution in [2.45, 2.75) is 6.17 Å². The average molecular weight is 191 g/mol. The van der Waals surface area contributed by atoms with Crippen molar-refractivity contribution in [3.8, 4) is 0 Å². The third-order valence-electron chi connectivity index (χ3n) is 2.55. The number of para-hydroxylation sites is 1. The zero-order valence-corrected chi connectivity index (χ0v) is 8.75. The van der Waals surface area contributed by atoms with Crippen LogP contribution in [-0.4, -0.2) is 32.1 Å². The Kier molecular flexibility index (Phi) is 2.70. The van der Waals surface area contributed by atoms with Crippen LogP contribution in [0.1, 0.15) is 11.7 Å². The molecule has 3 nitrogen and oxygen atoms in total. The first-order valence-electron chi connectivity index (χ1n) is 5.01. The van der Waals surface area contributed by atoms with Crippen molar-refractivity contribution >= 4 is 5.69 Å². The second-order valence-corrected chi connectivity index (χ2v) is 3.83. The van der Waals surface area contributed by atoms with Crippen LogP contribution in [0.4, 0.5) is 5.69 Å².